The van der Waals surface area contributed by atoms with Crippen LogP contribution in [0.15, 0.2) is 30.3 Å². The molecule has 3 N–H and O–H groups in total. The van der Waals surface area contributed by atoms with E-state index in [1.165, 1.54) is 7.05 Å². The number of likely N-dealkylation sites (N-methyl/N-ethyl adjacent to an activating group) is 1. The lowest BCUT2D eigenvalue weighted by Gasteiger charge is -2.30. The van der Waals surface area contributed by atoms with Crippen LogP contribution >= 0.6 is 0 Å². The van der Waals surface area contributed by atoms with Gasteiger partial charge in [-0.1, -0.05) is 30.3 Å². The zero-order valence-electron chi connectivity index (χ0n) is 11.0. The van der Waals surface area contributed by atoms with Crippen LogP contribution in [0.25, 0.3) is 0 Å². The van der Waals surface area contributed by atoms with Crippen molar-refractivity contribution < 1.29 is 22.7 Å². The largest absolute Gasteiger partial charge is 0.391 e. The summed E-state index contributed by atoms with van der Waals surface area (Å²) in [4.78, 5) is 11.7. The van der Waals surface area contributed by atoms with Crippen molar-refractivity contribution >= 4 is 5.91 Å². The van der Waals surface area contributed by atoms with E-state index in [4.69, 9.17) is 10.5 Å². The fourth-order valence-electron chi connectivity index (χ4n) is 1.77. The quantitative estimate of drug-likeness (QED) is 0.749. The molecule has 1 aromatic carbocycles. The monoisotopic (exact) mass is 290 g/mol. The first kappa shape index (κ1) is 16.5. The maximum atomic E-state index is 12.1. The molecule has 0 bridgehead atoms. The van der Waals surface area contributed by atoms with Crippen molar-refractivity contribution in [2.45, 2.75) is 18.1 Å². The van der Waals surface area contributed by atoms with Gasteiger partial charge in [0.2, 0.25) is 5.91 Å². The molecule has 0 aliphatic heterocycles. The van der Waals surface area contributed by atoms with Crippen LogP contribution in [0.3, 0.4) is 0 Å². The topological polar surface area (TPSA) is 64.3 Å². The number of hydrogen-bond donors (Lipinski definition) is 2. The van der Waals surface area contributed by atoms with Gasteiger partial charge in [-0.2, -0.15) is 13.2 Å². The number of rotatable bonds is 7. The minimum atomic E-state index is -4.29. The number of ether oxygens (including phenoxy) is 1. The molecule has 0 saturated heterocycles. The fraction of sp³-hybridized carbons (Fsp3) is 0.462. The number of alkyl halides is 3. The minimum Gasteiger partial charge on any atom is -0.378 e. The Morgan fingerprint density at radius 2 is 1.90 bits per heavy atom. The Morgan fingerprint density at radius 1 is 1.30 bits per heavy atom. The number of hydrogen-bond acceptors (Lipinski definition) is 3. The van der Waals surface area contributed by atoms with Crippen LogP contribution in [-0.2, 0) is 15.1 Å². The molecule has 20 heavy (non-hydrogen) atoms. The summed E-state index contributed by atoms with van der Waals surface area (Å²) in [7, 11) is 1.50. The minimum absolute atomic E-state index is 0.265. The molecule has 1 aromatic rings. The molecule has 112 valence electrons. The third-order valence-corrected chi connectivity index (χ3v) is 2.96. The summed E-state index contributed by atoms with van der Waals surface area (Å²) in [6.45, 7) is -0.786. The highest BCUT2D eigenvalue weighted by Gasteiger charge is 2.37. The van der Waals surface area contributed by atoms with Crippen molar-refractivity contribution in [1.29, 1.82) is 0 Å². The molecule has 4 nitrogen and oxygen atoms in total. The van der Waals surface area contributed by atoms with Crippen LogP contribution in [-0.4, -0.2) is 32.3 Å². The smallest absolute Gasteiger partial charge is 0.378 e. The Labute approximate surface area is 115 Å². The molecule has 0 fully saturated rings. The molecular weight excluding hydrogens is 273 g/mol. The Kier molecular flexibility index (Phi) is 5.52. The van der Waals surface area contributed by atoms with E-state index in [0.717, 1.165) is 0 Å². The molecule has 0 aromatic heterocycles. The summed E-state index contributed by atoms with van der Waals surface area (Å²) < 4.78 is 41.2. The molecule has 7 heteroatoms. The van der Waals surface area contributed by atoms with E-state index in [1.807, 2.05) is 0 Å². The van der Waals surface area contributed by atoms with Crippen LogP contribution in [0.1, 0.15) is 12.0 Å². The van der Waals surface area contributed by atoms with Crippen molar-refractivity contribution in [3.05, 3.63) is 35.9 Å². The predicted octanol–water partition coefficient (Wildman–Crippen LogP) is 1.56. The van der Waals surface area contributed by atoms with Crippen LogP contribution < -0.4 is 11.1 Å². The van der Waals surface area contributed by atoms with Crippen molar-refractivity contribution in [3.63, 3.8) is 0 Å². The van der Waals surface area contributed by atoms with E-state index in [-0.39, 0.29) is 6.61 Å². The molecule has 0 spiro atoms. The van der Waals surface area contributed by atoms with Crippen molar-refractivity contribution in [3.8, 4) is 0 Å². The van der Waals surface area contributed by atoms with E-state index in [1.54, 1.807) is 30.3 Å². The number of primary amides is 1. The lowest BCUT2D eigenvalue weighted by molar-refractivity contribution is -0.148. The molecule has 0 aliphatic carbocycles. The summed E-state index contributed by atoms with van der Waals surface area (Å²) >= 11 is 0. The number of nitrogens with one attached hydrogen (secondary N) is 1. The maximum Gasteiger partial charge on any atom is 0.391 e. The van der Waals surface area contributed by atoms with E-state index in [0.29, 0.717) is 5.56 Å². The van der Waals surface area contributed by atoms with Crippen molar-refractivity contribution in [2.24, 2.45) is 5.73 Å². The average Bonchev–Trinajstić information content (AvgIpc) is 2.39. The summed E-state index contributed by atoms with van der Waals surface area (Å²) in [6.07, 6.45) is -5.36. The third kappa shape index (κ3) is 4.21. The number of halogens is 3. The normalized spacial score (nSPS) is 14.8. The lowest BCUT2D eigenvalue weighted by atomic mass is 9.90. The fourth-order valence-corrected chi connectivity index (χ4v) is 1.77. The summed E-state index contributed by atoms with van der Waals surface area (Å²) in [5.41, 5.74) is 4.58. The Bertz CT molecular complexity index is 437. The Hall–Kier alpha value is -1.60. The van der Waals surface area contributed by atoms with Gasteiger partial charge in [0.25, 0.3) is 0 Å². The zero-order valence-corrected chi connectivity index (χ0v) is 11.0. The lowest BCUT2D eigenvalue weighted by Crippen LogP contribution is -2.54. The highest BCUT2D eigenvalue weighted by Crippen LogP contribution is 2.23. The SMILES string of the molecule is CNC(COCCC(F)(F)F)(C(N)=O)c1ccccc1. The summed E-state index contributed by atoms with van der Waals surface area (Å²) in [5, 5.41) is 2.75. The Morgan fingerprint density at radius 3 is 2.35 bits per heavy atom. The highest BCUT2D eigenvalue weighted by atomic mass is 19.4. The molecule has 1 unspecified atom stereocenters. The first-order valence-corrected chi connectivity index (χ1v) is 6.00. The van der Waals surface area contributed by atoms with E-state index < -0.39 is 30.7 Å². The first-order chi connectivity index (χ1) is 9.32. The van der Waals surface area contributed by atoms with Crippen molar-refractivity contribution in [2.75, 3.05) is 20.3 Å². The third-order valence-electron chi connectivity index (χ3n) is 2.96. The van der Waals surface area contributed by atoms with Gasteiger partial charge >= 0.3 is 6.18 Å². The van der Waals surface area contributed by atoms with Crippen LogP contribution in [0, 0.1) is 0 Å². The number of carbonyl (C=O) groups is 1. The van der Waals surface area contributed by atoms with Crippen LogP contribution in [0.2, 0.25) is 0 Å². The summed E-state index contributed by atoms with van der Waals surface area (Å²) in [5.74, 6) is -0.710. The standard InChI is InChI=1S/C13H17F3N2O2/c1-18-12(11(17)19,10-5-3-2-4-6-10)9-20-8-7-13(14,15)16/h2-6,18H,7-9H2,1H3,(H2,17,19). The molecule has 1 rings (SSSR count). The molecule has 1 amide bonds. The second-order valence-electron chi connectivity index (χ2n) is 4.30. The van der Waals surface area contributed by atoms with Gasteiger partial charge in [0.1, 0.15) is 5.54 Å². The first-order valence-electron chi connectivity index (χ1n) is 6.00. The van der Waals surface area contributed by atoms with Gasteiger partial charge in [0.05, 0.1) is 19.6 Å². The molecule has 1 atom stereocenters. The molecule has 0 radical (unpaired) electrons. The summed E-state index contributed by atoms with van der Waals surface area (Å²) in [6, 6.07) is 8.50. The molecule has 0 saturated carbocycles. The van der Waals surface area contributed by atoms with E-state index in [2.05, 4.69) is 5.32 Å². The van der Waals surface area contributed by atoms with Gasteiger partial charge in [-0.15, -0.1) is 0 Å². The average molecular weight is 290 g/mol. The van der Waals surface area contributed by atoms with Crippen LogP contribution in [0.4, 0.5) is 13.2 Å². The highest BCUT2D eigenvalue weighted by molar-refractivity contribution is 5.86. The number of amides is 1. The predicted molar refractivity (Wildman–Crippen MR) is 67.9 cm³/mol. The van der Waals surface area contributed by atoms with Gasteiger partial charge in [0.15, 0.2) is 0 Å². The second-order valence-corrected chi connectivity index (χ2v) is 4.30. The molecule has 0 aliphatic rings. The molecular formula is C13H17F3N2O2. The van der Waals surface area contributed by atoms with E-state index in [9.17, 15) is 18.0 Å². The van der Waals surface area contributed by atoms with Gasteiger partial charge in [-0.05, 0) is 12.6 Å². The maximum absolute atomic E-state index is 12.1. The van der Waals surface area contributed by atoms with Gasteiger partial charge < -0.3 is 15.8 Å². The van der Waals surface area contributed by atoms with Gasteiger partial charge in [-0.25, -0.2) is 0 Å². The van der Waals surface area contributed by atoms with Gasteiger partial charge in [0, 0.05) is 0 Å². The molecule has 0 heterocycles. The number of benzene rings is 1. The van der Waals surface area contributed by atoms with Crippen LogP contribution in [0.5, 0.6) is 0 Å². The van der Waals surface area contributed by atoms with Gasteiger partial charge in [-0.3, -0.25) is 4.79 Å². The Balaban J connectivity index is 2.78. The number of carbonyl (C=O) groups excluding carboxylic acids is 1. The number of nitrogens with two attached hydrogens (primary N) is 1. The van der Waals surface area contributed by atoms with E-state index >= 15 is 0 Å². The second kappa shape index (κ2) is 6.71. The van der Waals surface area contributed by atoms with Crippen molar-refractivity contribution in [1.82, 2.24) is 5.32 Å². The zero-order chi connectivity index (χ0) is 15.2.